The largest absolute Gasteiger partial charge is 0.378 e. The van der Waals surface area contributed by atoms with Gasteiger partial charge in [0.15, 0.2) is 0 Å². The molecule has 1 aliphatic rings. The zero-order chi connectivity index (χ0) is 12.8. The molecule has 1 fully saturated rings. The molecule has 0 aromatic heterocycles. The Morgan fingerprint density at radius 2 is 2.17 bits per heavy atom. The lowest BCUT2D eigenvalue weighted by molar-refractivity contribution is -0.0107. The second kappa shape index (κ2) is 6.83. The normalized spacial score (nSPS) is 21.1. The van der Waals surface area contributed by atoms with Crippen LogP contribution in [0.2, 0.25) is 0 Å². The molecule has 1 aliphatic heterocycles. The molecular weight excluding hydrogens is 231 g/mol. The number of morpholine rings is 1. The first kappa shape index (κ1) is 13.5. The van der Waals surface area contributed by atoms with Gasteiger partial charge in [0.05, 0.1) is 13.2 Å². The van der Waals surface area contributed by atoms with Crippen LogP contribution in [0.3, 0.4) is 0 Å². The second-order valence-electron chi connectivity index (χ2n) is 4.63. The number of hydrogen-bond donors (Lipinski definition) is 1. The standard InChI is InChI=1S/C14H21FN2O/c1-2-16-9-14-11-18-8-7-17(14)10-12-3-5-13(15)6-4-12/h3-6,14,16H,2,7-11H2,1H3. The molecule has 1 aromatic rings. The fraction of sp³-hybridized carbons (Fsp3) is 0.571. The van der Waals surface area contributed by atoms with Crippen LogP contribution in [0, 0.1) is 5.82 Å². The minimum atomic E-state index is -0.176. The number of nitrogens with one attached hydrogen (secondary N) is 1. The molecule has 0 bridgehead atoms. The Balaban J connectivity index is 1.94. The first-order valence-corrected chi connectivity index (χ1v) is 6.56. The molecule has 100 valence electrons. The van der Waals surface area contributed by atoms with E-state index >= 15 is 0 Å². The lowest BCUT2D eigenvalue weighted by atomic mass is 10.1. The fourth-order valence-corrected chi connectivity index (χ4v) is 2.22. The molecule has 4 heteroatoms. The minimum Gasteiger partial charge on any atom is -0.378 e. The third kappa shape index (κ3) is 3.77. The van der Waals surface area contributed by atoms with Gasteiger partial charge in [-0.15, -0.1) is 0 Å². The number of hydrogen-bond acceptors (Lipinski definition) is 3. The topological polar surface area (TPSA) is 24.5 Å². The van der Waals surface area contributed by atoms with Gasteiger partial charge >= 0.3 is 0 Å². The molecule has 1 N–H and O–H groups in total. The maximum absolute atomic E-state index is 12.9. The molecule has 1 saturated heterocycles. The molecular formula is C14H21FN2O. The third-order valence-corrected chi connectivity index (χ3v) is 3.28. The molecule has 0 saturated carbocycles. The maximum atomic E-state index is 12.9. The van der Waals surface area contributed by atoms with Gasteiger partial charge in [-0.1, -0.05) is 19.1 Å². The molecule has 0 radical (unpaired) electrons. The first-order chi connectivity index (χ1) is 8.79. The van der Waals surface area contributed by atoms with Crippen LogP contribution in [0.4, 0.5) is 4.39 Å². The molecule has 0 amide bonds. The van der Waals surface area contributed by atoms with Crippen molar-refractivity contribution in [2.24, 2.45) is 0 Å². The summed E-state index contributed by atoms with van der Waals surface area (Å²) in [5.41, 5.74) is 1.15. The zero-order valence-corrected chi connectivity index (χ0v) is 10.9. The van der Waals surface area contributed by atoms with Gasteiger partial charge in [0, 0.05) is 25.7 Å². The third-order valence-electron chi connectivity index (χ3n) is 3.28. The molecule has 2 rings (SSSR count). The van der Waals surface area contributed by atoms with Crippen LogP contribution in [0.25, 0.3) is 0 Å². The quantitative estimate of drug-likeness (QED) is 0.862. The summed E-state index contributed by atoms with van der Waals surface area (Å²) in [7, 11) is 0. The van der Waals surface area contributed by atoms with Gasteiger partial charge in [-0.2, -0.15) is 0 Å². The predicted octanol–water partition coefficient (Wildman–Crippen LogP) is 1.64. The van der Waals surface area contributed by atoms with E-state index in [0.717, 1.165) is 45.0 Å². The Hall–Kier alpha value is -0.970. The number of rotatable bonds is 5. The average molecular weight is 252 g/mol. The number of likely N-dealkylation sites (N-methyl/N-ethyl adjacent to an activating group) is 1. The highest BCUT2D eigenvalue weighted by Gasteiger charge is 2.22. The van der Waals surface area contributed by atoms with Gasteiger partial charge in [0.25, 0.3) is 0 Å². The van der Waals surface area contributed by atoms with Gasteiger partial charge in [0.1, 0.15) is 5.82 Å². The summed E-state index contributed by atoms with van der Waals surface area (Å²) in [6, 6.07) is 7.16. The van der Waals surface area contributed by atoms with E-state index in [1.54, 1.807) is 0 Å². The summed E-state index contributed by atoms with van der Waals surface area (Å²) in [4.78, 5) is 2.40. The van der Waals surface area contributed by atoms with Crippen molar-refractivity contribution < 1.29 is 9.13 Å². The van der Waals surface area contributed by atoms with Crippen molar-refractivity contribution in [3.05, 3.63) is 35.6 Å². The Bertz CT molecular complexity index is 355. The van der Waals surface area contributed by atoms with E-state index in [0.29, 0.717) is 6.04 Å². The lowest BCUT2D eigenvalue weighted by Crippen LogP contribution is -2.49. The van der Waals surface area contributed by atoms with Gasteiger partial charge in [0.2, 0.25) is 0 Å². The van der Waals surface area contributed by atoms with E-state index in [1.807, 2.05) is 12.1 Å². The molecule has 1 unspecified atom stereocenters. The summed E-state index contributed by atoms with van der Waals surface area (Å²) in [5.74, 6) is -0.176. The molecule has 18 heavy (non-hydrogen) atoms. The number of ether oxygens (including phenoxy) is 1. The monoisotopic (exact) mass is 252 g/mol. The van der Waals surface area contributed by atoms with Gasteiger partial charge in [-0.3, -0.25) is 4.90 Å². The van der Waals surface area contributed by atoms with Crippen LogP contribution < -0.4 is 5.32 Å². The summed E-state index contributed by atoms with van der Waals surface area (Å²) < 4.78 is 18.4. The minimum absolute atomic E-state index is 0.176. The van der Waals surface area contributed by atoms with E-state index in [1.165, 1.54) is 12.1 Å². The second-order valence-corrected chi connectivity index (χ2v) is 4.63. The fourth-order valence-electron chi connectivity index (χ4n) is 2.22. The Labute approximate surface area is 108 Å². The predicted molar refractivity (Wildman–Crippen MR) is 70.0 cm³/mol. The van der Waals surface area contributed by atoms with Gasteiger partial charge in [-0.05, 0) is 24.2 Å². The first-order valence-electron chi connectivity index (χ1n) is 6.56. The Kier molecular flexibility index (Phi) is 5.11. The molecule has 1 heterocycles. The summed E-state index contributed by atoms with van der Waals surface area (Å²) in [6.07, 6.45) is 0. The van der Waals surface area contributed by atoms with Crippen molar-refractivity contribution >= 4 is 0 Å². The van der Waals surface area contributed by atoms with Crippen LogP contribution in [-0.2, 0) is 11.3 Å². The van der Waals surface area contributed by atoms with E-state index < -0.39 is 0 Å². The van der Waals surface area contributed by atoms with Crippen LogP contribution in [0.15, 0.2) is 24.3 Å². The average Bonchev–Trinajstić information content (AvgIpc) is 2.40. The summed E-state index contributed by atoms with van der Waals surface area (Å²) in [5, 5.41) is 3.36. The lowest BCUT2D eigenvalue weighted by Gasteiger charge is -2.35. The maximum Gasteiger partial charge on any atom is 0.123 e. The number of nitrogens with zero attached hydrogens (tertiary/aromatic N) is 1. The van der Waals surface area contributed by atoms with Gasteiger partial charge in [-0.25, -0.2) is 4.39 Å². The molecule has 3 nitrogen and oxygen atoms in total. The van der Waals surface area contributed by atoms with Crippen LogP contribution >= 0.6 is 0 Å². The molecule has 1 atom stereocenters. The number of benzene rings is 1. The highest BCUT2D eigenvalue weighted by molar-refractivity contribution is 5.16. The van der Waals surface area contributed by atoms with Gasteiger partial charge < -0.3 is 10.1 Å². The molecule has 0 aliphatic carbocycles. The smallest absolute Gasteiger partial charge is 0.123 e. The van der Waals surface area contributed by atoms with Crippen molar-refractivity contribution in [3.8, 4) is 0 Å². The van der Waals surface area contributed by atoms with E-state index in [9.17, 15) is 4.39 Å². The van der Waals surface area contributed by atoms with Crippen molar-refractivity contribution in [1.29, 1.82) is 0 Å². The Morgan fingerprint density at radius 1 is 1.39 bits per heavy atom. The highest BCUT2D eigenvalue weighted by atomic mass is 19.1. The Morgan fingerprint density at radius 3 is 2.89 bits per heavy atom. The van der Waals surface area contributed by atoms with Crippen LogP contribution in [-0.4, -0.2) is 43.8 Å². The van der Waals surface area contributed by atoms with Crippen molar-refractivity contribution in [2.75, 3.05) is 32.8 Å². The van der Waals surface area contributed by atoms with Crippen LogP contribution in [0.1, 0.15) is 12.5 Å². The number of halogens is 1. The van der Waals surface area contributed by atoms with Crippen molar-refractivity contribution in [1.82, 2.24) is 10.2 Å². The SMILES string of the molecule is CCNCC1COCCN1Cc1ccc(F)cc1. The molecule has 1 aromatic carbocycles. The van der Waals surface area contributed by atoms with Crippen LogP contribution in [0.5, 0.6) is 0 Å². The van der Waals surface area contributed by atoms with E-state index in [4.69, 9.17) is 4.74 Å². The summed E-state index contributed by atoms with van der Waals surface area (Å²) in [6.45, 7) is 7.37. The summed E-state index contributed by atoms with van der Waals surface area (Å²) >= 11 is 0. The van der Waals surface area contributed by atoms with E-state index in [-0.39, 0.29) is 5.82 Å². The van der Waals surface area contributed by atoms with E-state index in [2.05, 4.69) is 17.1 Å². The van der Waals surface area contributed by atoms with Crippen molar-refractivity contribution in [2.45, 2.75) is 19.5 Å². The zero-order valence-electron chi connectivity index (χ0n) is 10.9. The van der Waals surface area contributed by atoms with Crippen molar-refractivity contribution in [3.63, 3.8) is 0 Å². The highest BCUT2D eigenvalue weighted by Crippen LogP contribution is 2.12. The molecule has 0 spiro atoms.